The molecule has 1 heterocycles. The van der Waals surface area contributed by atoms with E-state index in [-0.39, 0.29) is 17.5 Å². The Morgan fingerprint density at radius 1 is 1.21 bits per heavy atom. The molecule has 2 bridgehead atoms. The molecule has 3 atom stereocenters. The zero-order valence-corrected chi connectivity index (χ0v) is 16.7. The summed E-state index contributed by atoms with van der Waals surface area (Å²) in [5.41, 5.74) is 3.25. The lowest BCUT2D eigenvalue weighted by atomic mass is 9.81. The van der Waals surface area contributed by atoms with Crippen LogP contribution in [0.5, 0.6) is 0 Å². The second-order valence-corrected chi connectivity index (χ2v) is 9.02. The van der Waals surface area contributed by atoms with Gasteiger partial charge in [0, 0.05) is 19.6 Å². The van der Waals surface area contributed by atoms with E-state index in [1.165, 1.54) is 36.8 Å². The van der Waals surface area contributed by atoms with Crippen LogP contribution in [0.4, 0.5) is 4.39 Å². The number of rotatable bonds is 5. The van der Waals surface area contributed by atoms with Crippen molar-refractivity contribution in [3.63, 3.8) is 0 Å². The van der Waals surface area contributed by atoms with E-state index in [2.05, 4.69) is 29.4 Å². The molecule has 0 radical (unpaired) electrons. The topological polar surface area (TPSA) is 38.1 Å². The van der Waals surface area contributed by atoms with Crippen LogP contribution in [-0.2, 0) is 13.6 Å². The van der Waals surface area contributed by atoms with E-state index in [1.807, 2.05) is 4.90 Å². The number of aromatic nitrogens is 2. The monoisotopic (exact) mass is 381 g/mol. The normalized spacial score (nSPS) is 26.0. The highest BCUT2D eigenvalue weighted by molar-refractivity contribution is 5.95. The highest BCUT2D eigenvalue weighted by Gasteiger charge is 2.41. The molecule has 0 spiro atoms. The molecule has 3 fully saturated rings. The standard InChI is InChI=1S/C23H28FN3O/c1-14-21(22(24)26(2)25-14)23(28)27(18-9-10-18)13-17-5-3-4-6-19(17)20-12-15-7-8-16(20)11-15/h3-6,15-16,18,20H,7-13H2,1-2H3. The predicted octanol–water partition coefficient (Wildman–Crippen LogP) is 4.58. The van der Waals surface area contributed by atoms with Crippen molar-refractivity contribution in [2.24, 2.45) is 18.9 Å². The number of carbonyl (C=O) groups is 1. The number of nitrogens with zero attached hydrogens (tertiary/aromatic N) is 3. The molecular formula is C23H28FN3O. The van der Waals surface area contributed by atoms with Crippen LogP contribution >= 0.6 is 0 Å². The highest BCUT2D eigenvalue weighted by Crippen LogP contribution is 2.53. The van der Waals surface area contributed by atoms with Gasteiger partial charge in [0.25, 0.3) is 5.91 Å². The molecule has 3 aliphatic rings. The first-order valence-corrected chi connectivity index (χ1v) is 10.6. The van der Waals surface area contributed by atoms with Crippen molar-refractivity contribution in [3.8, 4) is 0 Å². The molecule has 28 heavy (non-hydrogen) atoms. The molecule has 4 nitrogen and oxygen atoms in total. The molecule has 0 saturated heterocycles. The fraction of sp³-hybridized carbons (Fsp3) is 0.565. The molecule has 5 rings (SSSR count). The number of benzene rings is 1. The molecule has 3 saturated carbocycles. The van der Waals surface area contributed by atoms with Crippen molar-refractivity contribution < 1.29 is 9.18 Å². The van der Waals surface area contributed by atoms with E-state index in [1.54, 1.807) is 14.0 Å². The summed E-state index contributed by atoms with van der Waals surface area (Å²) in [6.45, 7) is 2.28. The number of halogens is 1. The second kappa shape index (κ2) is 6.71. The van der Waals surface area contributed by atoms with Gasteiger partial charge in [-0.3, -0.25) is 4.79 Å². The van der Waals surface area contributed by atoms with E-state index in [4.69, 9.17) is 0 Å². The third kappa shape index (κ3) is 2.96. The number of amides is 1. The van der Waals surface area contributed by atoms with Gasteiger partial charge in [-0.05, 0) is 67.9 Å². The number of aryl methyl sites for hydroxylation is 2. The quantitative estimate of drug-likeness (QED) is 0.761. The number of hydrogen-bond donors (Lipinski definition) is 0. The summed E-state index contributed by atoms with van der Waals surface area (Å²) < 4.78 is 15.7. The van der Waals surface area contributed by atoms with Crippen LogP contribution < -0.4 is 0 Å². The zero-order chi connectivity index (χ0) is 19.4. The molecular weight excluding hydrogens is 353 g/mol. The Morgan fingerprint density at radius 2 is 2.00 bits per heavy atom. The summed E-state index contributed by atoms with van der Waals surface area (Å²) >= 11 is 0. The Morgan fingerprint density at radius 3 is 2.61 bits per heavy atom. The van der Waals surface area contributed by atoms with Crippen molar-refractivity contribution >= 4 is 5.91 Å². The SMILES string of the molecule is Cc1nn(C)c(F)c1C(=O)N(Cc1ccccc1C1CC2CCC1C2)C1CC1. The van der Waals surface area contributed by atoms with E-state index >= 15 is 0 Å². The number of hydrogen-bond acceptors (Lipinski definition) is 2. The summed E-state index contributed by atoms with van der Waals surface area (Å²) in [5, 5.41) is 4.10. The second-order valence-electron chi connectivity index (χ2n) is 9.02. The van der Waals surface area contributed by atoms with Crippen molar-refractivity contribution in [1.29, 1.82) is 0 Å². The predicted molar refractivity (Wildman–Crippen MR) is 105 cm³/mol. The Hall–Kier alpha value is -2.17. The third-order valence-corrected chi connectivity index (χ3v) is 7.15. The lowest BCUT2D eigenvalue weighted by Gasteiger charge is -2.28. The lowest BCUT2D eigenvalue weighted by molar-refractivity contribution is 0.0723. The fourth-order valence-electron chi connectivity index (χ4n) is 5.62. The van der Waals surface area contributed by atoms with Gasteiger partial charge in [0.2, 0.25) is 5.95 Å². The van der Waals surface area contributed by atoms with Crippen LogP contribution in [0.1, 0.15) is 71.6 Å². The largest absolute Gasteiger partial charge is 0.331 e. The average Bonchev–Trinajstić information content (AvgIpc) is 3.21. The summed E-state index contributed by atoms with van der Waals surface area (Å²) in [5.74, 6) is 1.57. The van der Waals surface area contributed by atoms with Gasteiger partial charge in [-0.25, -0.2) is 4.68 Å². The summed E-state index contributed by atoms with van der Waals surface area (Å²) in [7, 11) is 1.55. The van der Waals surface area contributed by atoms with Crippen molar-refractivity contribution in [2.45, 2.75) is 64.0 Å². The summed E-state index contributed by atoms with van der Waals surface area (Å²) in [6, 6.07) is 8.83. The average molecular weight is 381 g/mol. The maximum absolute atomic E-state index is 14.5. The van der Waals surface area contributed by atoms with Gasteiger partial charge < -0.3 is 4.90 Å². The molecule has 148 valence electrons. The Kier molecular flexibility index (Phi) is 4.29. The molecule has 3 aliphatic carbocycles. The van der Waals surface area contributed by atoms with Gasteiger partial charge >= 0.3 is 0 Å². The Balaban J connectivity index is 1.45. The van der Waals surface area contributed by atoms with E-state index in [9.17, 15) is 9.18 Å². The maximum atomic E-state index is 14.5. The van der Waals surface area contributed by atoms with Gasteiger partial charge in [-0.1, -0.05) is 30.7 Å². The minimum Gasteiger partial charge on any atom is -0.331 e. The van der Waals surface area contributed by atoms with Crippen LogP contribution in [0.2, 0.25) is 0 Å². The van der Waals surface area contributed by atoms with Crippen LogP contribution in [0.3, 0.4) is 0 Å². The first kappa shape index (κ1) is 17.9. The van der Waals surface area contributed by atoms with Crippen LogP contribution in [0, 0.1) is 24.7 Å². The van der Waals surface area contributed by atoms with E-state index in [0.29, 0.717) is 18.2 Å². The Labute approximate surface area is 165 Å². The molecule has 2 aromatic rings. The van der Waals surface area contributed by atoms with Crippen molar-refractivity contribution in [3.05, 3.63) is 52.6 Å². The van der Waals surface area contributed by atoms with Crippen LogP contribution in [0.15, 0.2) is 24.3 Å². The van der Waals surface area contributed by atoms with Gasteiger partial charge in [-0.2, -0.15) is 9.49 Å². The molecule has 3 unspecified atom stereocenters. The van der Waals surface area contributed by atoms with Gasteiger partial charge in [0.05, 0.1) is 5.69 Å². The van der Waals surface area contributed by atoms with E-state index in [0.717, 1.165) is 29.4 Å². The first-order valence-electron chi connectivity index (χ1n) is 10.6. The Bertz CT molecular complexity index is 917. The molecule has 1 aromatic heterocycles. The van der Waals surface area contributed by atoms with Gasteiger partial charge in [0.15, 0.2) is 0 Å². The molecule has 5 heteroatoms. The third-order valence-electron chi connectivity index (χ3n) is 7.15. The van der Waals surface area contributed by atoms with Crippen LogP contribution in [0.25, 0.3) is 0 Å². The molecule has 1 aromatic carbocycles. The van der Waals surface area contributed by atoms with Crippen molar-refractivity contribution in [1.82, 2.24) is 14.7 Å². The highest BCUT2D eigenvalue weighted by atomic mass is 19.1. The minimum absolute atomic E-state index is 0.131. The first-order chi connectivity index (χ1) is 13.5. The maximum Gasteiger partial charge on any atom is 0.260 e. The fourth-order valence-corrected chi connectivity index (χ4v) is 5.62. The van der Waals surface area contributed by atoms with Gasteiger partial charge in [-0.15, -0.1) is 0 Å². The van der Waals surface area contributed by atoms with Gasteiger partial charge in [0.1, 0.15) is 5.56 Å². The minimum atomic E-state index is -0.533. The smallest absolute Gasteiger partial charge is 0.260 e. The number of carbonyl (C=O) groups excluding carboxylic acids is 1. The number of fused-ring (bicyclic) bond motifs is 2. The lowest BCUT2D eigenvalue weighted by Crippen LogP contribution is -2.34. The summed E-state index contributed by atoms with van der Waals surface area (Å²) in [6.07, 6.45) is 7.39. The molecule has 0 N–H and O–H groups in total. The molecule has 0 aliphatic heterocycles. The van der Waals surface area contributed by atoms with Crippen molar-refractivity contribution in [2.75, 3.05) is 0 Å². The van der Waals surface area contributed by atoms with Crippen LogP contribution in [-0.4, -0.2) is 26.6 Å². The molecule has 1 amide bonds. The zero-order valence-electron chi connectivity index (χ0n) is 16.7. The van der Waals surface area contributed by atoms with E-state index < -0.39 is 5.95 Å². The summed E-state index contributed by atoms with van der Waals surface area (Å²) in [4.78, 5) is 15.2.